The molecule has 0 radical (unpaired) electrons. The Hall–Kier alpha value is -1.68. The fourth-order valence-corrected chi connectivity index (χ4v) is 4.25. The first-order chi connectivity index (χ1) is 11.8. The molecule has 138 valence electrons. The summed E-state index contributed by atoms with van der Waals surface area (Å²) in [5.74, 6) is -0.488. The molecule has 0 aromatic heterocycles. The zero-order chi connectivity index (χ0) is 18.6. The van der Waals surface area contributed by atoms with Gasteiger partial charge in [-0.15, -0.1) is 0 Å². The molecule has 1 saturated heterocycles. The lowest BCUT2D eigenvalue weighted by Crippen LogP contribution is -2.55. The molecular formula is C15H20ClN3O5S. The summed E-state index contributed by atoms with van der Waals surface area (Å²) in [7, 11) is -2.46. The van der Waals surface area contributed by atoms with Gasteiger partial charge in [0.1, 0.15) is 0 Å². The van der Waals surface area contributed by atoms with Gasteiger partial charge in [-0.05, 0) is 25.1 Å². The average molecular weight is 390 g/mol. The van der Waals surface area contributed by atoms with E-state index in [9.17, 15) is 18.0 Å². The van der Waals surface area contributed by atoms with Crippen LogP contribution in [0, 0.1) is 0 Å². The predicted molar refractivity (Wildman–Crippen MR) is 91.8 cm³/mol. The minimum absolute atomic E-state index is 0.143. The Morgan fingerprint density at radius 2 is 1.88 bits per heavy atom. The molecule has 2 rings (SSSR count). The summed E-state index contributed by atoms with van der Waals surface area (Å²) in [5, 5.41) is 2.47. The highest BCUT2D eigenvalue weighted by Gasteiger charge is 2.32. The number of methoxy groups -OCH3 is 1. The van der Waals surface area contributed by atoms with Crippen LogP contribution in [0.15, 0.2) is 29.2 Å². The summed E-state index contributed by atoms with van der Waals surface area (Å²) in [6, 6.07) is 5.54. The van der Waals surface area contributed by atoms with Crippen LogP contribution >= 0.6 is 11.6 Å². The molecule has 1 aliphatic heterocycles. The number of rotatable bonds is 4. The highest BCUT2D eigenvalue weighted by atomic mass is 35.5. The van der Waals surface area contributed by atoms with Crippen molar-refractivity contribution in [1.82, 2.24) is 14.5 Å². The van der Waals surface area contributed by atoms with E-state index in [-0.39, 0.29) is 18.0 Å². The highest BCUT2D eigenvalue weighted by molar-refractivity contribution is 7.89. The number of nitrogens with zero attached hydrogens (tertiary/aromatic N) is 2. The number of hydrogen-bond acceptors (Lipinski definition) is 6. The molecular weight excluding hydrogens is 370 g/mol. The molecule has 0 unspecified atom stereocenters. The number of carbonyl (C=O) groups is 2. The van der Waals surface area contributed by atoms with Crippen LogP contribution in [-0.4, -0.2) is 69.0 Å². The molecule has 0 bridgehead atoms. The summed E-state index contributed by atoms with van der Waals surface area (Å²) in [6.45, 7) is 2.87. The molecule has 0 spiro atoms. The van der Waals surface area contributed by atoms with Crippen molar-refractivity contribution in [3.05, 3.63) is 29.3 Å². The van der Waals surface area contributed by atoms with E-state index in [1.807, 2.05) is 4.90 Å². The Balaban J connectivity index is 1.99. The van der Waals surface area contributed by atoms with Gasteiger partial charge in [-0.25, -0.2) is 13.2 Å². The van der Waals surface area contributed by atoms with E-state index < -0.39 is 28.1 Å². The van der Waals surface area contributed by atoms with Gasteiger partial charge in [0, 0.05) is 31.2 Å². The molecule has 1 N–H and O–H groups in total. The lowest BCUT2D eigenvalue weighted by atomic mass is 10.2. The van der Waals surface area contributed by atoms with Gasteiger partial charge in [0.2, 0.25) is 15.9 Å². The maximum absolute atomic E-state index is 12.6. The van der Waals surface area contributed by atoms with Crippen molar-refractivity contribution >= 4 is 33.6 Å². The first kappa shape index (κ1) is 19.6. The Kier molecular flexibility index (Phi) is 6.39. The van der Waals surface area contributed by atoms with E-state index in [2.05, 4.69) is 10.1 Å². The molecule has 1 heterocycles. The van der Waals surface area contributed by atoms with Gasteiger partial charge >= 0.3 is 6.09 Å². The van der Waals surface area contributed by atoms with E-state index >= 15 is 0 Å². The highest BCUT2D eigenvalue weighted by Crippen LogP contribution is 2.21. The molecule has 1 atom stereocenters. The fraction of sp³-hybridized carbons (Fsp3) is 0.467. The van der Waals surface area contributed by atoms with Gasteiger partial charge in [-0.3, -0.25) is 15.0 Å². The molecule has 1 aromatic rings. The topological polar surface area (TPSA) is 96.0 Å². The fourth-order valence-electron chi connectivity index (χ4n) is 2.53. The number of sulfonamides is 1. The second-order valence-corrected chi connectivity index (χ2v) is 7.93. The van der Waals surface area contributed by atoms with Crippen molar-refractivity contribution in [1.29, 1.82) is 0 Å². The number of imide groups is 1. The SMILES string of the molecule is COC(=O)NC(=O)[C@H](C)N1CCN(S(=O)(=O)c2cccc(Cl)c2)CC1. The molecule has 10 heteroatoms. The number of hydrogen-bond donors (Lipinski definition) is 1. The van der Waals surface area contributed by atoms with Crippen LogP contribution < -0.4 is 5.32 Å². The van der Waals surface area contributed by atoms with Gasteiger partial charge in [-0.1, -0.05) is 17.7 Å². The molecule has 25 heavy (non-hydrogen) atoms. The molecule has 1 fully saturated rings. The molecule has 1 aromatic carbocycles. The smallest absolute Gasteiger partial charge is 0.413 e. The van der Waals surface area contributed by atoms with Crippen molar-refractivity contribution in [3.8, 4) is 0 Å². The van der Waals surface area contributed by atoms with E-state index in [0.29, 0.717) is 18.1 Å². The van der Waals surface area contributed by atoms with Crippen molar-refractivity contribution in [3.63, 3.8) is 0 Å². The summed E-state index contributed by atoms with van der Waals surface area (Å²) in [4.78, 5) is 25.0. The summed E-state index contributed by atoms with van der Waals surface area (Å²) < 4.78 is 31.0. The van der Waals surface area contributed by atoms with Crippen LogP contribution in [0.2, 0.25) is 5.02 Å². The maximum atomic E-state index is 12.6. The van der Waals surface area contributed by atoms with Gasteiger partial charge in [0.15, 0.2) is 0 Å². The summed E-state index contributed by atoms with van der Waals surface area (Å²) >= 11 is 5.87. The molecule has 0 saturated carbocycles. The number of alkyl carbamates (subject to hydrolysis) is 1. The quantitative estimate of drug-likeness (QED) is 0.822. The van der Waals surface area contributed by atoms with Crippen molar-refractivity contribution in [2.75, 3.05) is 33.3 Å². The van der Waals surface area contributed by atoms with Crippen molar-refractivity contribution < 1.29 is 22.7 Å². The summed E-state index contributed by atoms with van der Waals surface area (Å²) in [6.07, 6.45) is -0.820. The number of amides is 2. The van der Waals surface area contributed by atoms with Crippen LogP contribution in [0.3, 0.4) is 0 Å². The van der Waals surface area contributed by atoms with Gasteiger partial charge in [-0.2, -0.15) is 4.31 Å². The second-order valence-electron chi connectivity index (χ2n) is 5.55. The Bertz CT molecular complexity index is 747. The summed E-state index contributed by atoms with van der Waals surface area (Å²) in [5.41, 5.74) is 0. The maximum Gasteiger partial charge on any atom is 0.413 e. The number of ether oxygens (including phenoxy) is 1. The standard InChI is InChI=1S/C15H20ClN3O5S/c1-11(14(20)17-15(21)24-2)18-6-8-19(9-7-18)25(22,23)13-5-3-4-12(16)10-13/h3-5,10-11H,6-9H2,1-2H3,(H,17,20,21)/t11-/m0/s1. The van der Waals surface area contributed by atoms with Crippen LogP contribution in [-0.2, 0) is 19.6 Å². The van der Waals surface area contributed by atoms with Gasteiger partial charge in [0.25, 0.3) is 0 Å². The van der Waals surface area contributed by atoms with Crippen LogP contribution in [0.25, 0.3) is 0 Å². The lowest BCUT2D eigenvalue weighted by molar-refractivity contribution is -0.125. The van der Waals surface area contributed by atoms with Gasteiger partial charge in [0.05, 0.1) is 18.0 Å². The molecule has 0 aliphatic carbocycles. The predicted octanol–water partition coefficient (Wildman–Crippen LogP) is 0.917. The van der Waals surface area contributed by atoms with Crippen molar-refractivity contribution in [2.24, 2.45) is 0 Å². The Labute approximate surface area is 151 Å². The van der Waals surface area contributed by atoms with Crippen molar-refractivity contribution in [2.45, 2.75) is 17.9 Å². The number of nitrogens with one attached hydrogen (secondary N) is 1. The third kappa shape index (κ3) is 4.69. The third-order valence-electron chi connectivity index (χ3n) is 4.04. The van der Waals surface area contributed by atoms with E-state index in [0.717, 1.165) is 0 Å². The van der Waals surface area contributed by atoms with Crippen LogP contribution in [0.5, 0.6) is 0 Å². The number of piperazine rings is 1. The number of halogens is 1. The zero-order valence-corrected chi connectivity index (χ0v) is 15.5. The average Bonchev–Trinajstić information content (AvgIpc) is 2.61. The normalized spacial score (nSPS) is 17.7. The minimum atomic E-state index is -3.63. The van der Waals surface area contributed by atoms with E-state index in [4.69, 9.17) is 11.6 Å². The Morgan fingerprint density at radius 3 is 2.44 bits per heavy atom. The monoisotopic (exact) mass is 389 g/mol. The first-order valence-corrected chi connectivity index (χ1v) is 9.46. The zero-order valence-electron chi connectivity index (χ0n) is 13.9. The van der Waals surface area contributed by atoms with Crippen LogP contribution in [0.1, 0.15) is 6.92 Å². The Morgan fingerprint density at radius 1 is 1.24 bits per heavy atom. The first-order valence-electron chi connectivity index (χ1n) is 7.64. The van der Waals surface area contributed by atoms with Gasteiger partial charge < -0.3 is 4.74 Å². The largest absolute Gasteiger partial charge is 0.453 e. The molecule has 1 aliphatic rings. The third-order valence-corrected chi connectivity index (χ3v) is 6.17. The number of benzene rings is 1. The molecule has 8 nitrogen and oxygen atoms in total. The number of carbonyl (C=O) groups excluding carboxylic acids is 2. The van der Waals surface area contributed by atoms with E-state index in [1.54, 1.807) is 19.1 Å². The minimum Gasteiger partial charge on any atom is -0.453 e. The second kappa shape index (κ2) is 8.13. The lowest BCUT2D eigenvalue weighted by Gasteiger charge is -2.36. The molecule has 2 amide bonds. The van der Waals surface area contributed by atoms with E-state index in [1.165, 1.54) is 23.5 Å². The van der Waals surface area contributed by atoms with Crippen LogP contribution in [0.4, 0.5) is 4.79 Å².